The maximum atomic E-state index is 15.4. The molecular formula is C20H34FNO8. The quantitative estimate of drug-likeness (QED) is 0.351. The Balaban J connectivity index is 2.99. The molecule has 0 aromatic rings. The van der Waals surface area contributed by atoms with Gasteiger partial charge in [0.15, 0.2) is 12.4 Å². The summed E-state index contributed by atoms with van der Waals surface area (Å²) in [7, 11) is 0. The van der Waals surface area contributed by atoms with Crippen molar-refractivity contribution in [3.63, 3.8) is 0 Å². The Morgan fingerprint density at radius 3 is 2.17 bits per heavy atom. The number of rotatable bonds is 12. The average Bonchev–Trinajstić information content (AvgIpc) is 2.65. The fourth-order valence-corrected chi connectivity index (χ4v) is 3.31. The molecule has 0 spiro atoms. The second kappa shape index (κ2) is 12.8. The molecule has 2 N–H and O–H groups in total. The van der Waals surface area contributed by atoms with E-state index in [0.717, 1.165) is 46.0 Å². The van der Waals surface area contributed by atoms with Crippen LogP contribution >= 0.6 is 0 Å². The number of nitrogens with one attached hydrogen (secondary N) is 1. The molecule has 0 bridgehead atoms. The molecule has 5 atom stereocenters. The van der Waals surface area contributed by atoms with E-state index in [1.165, 1.54) is 6.92 Å². The SMILES string of the molecule is CCCCCCCCO[C@@H]1O[C@](F)(CO)[C@@H](OC(C)=O)[C@H](OC(C)=O)[C@H]1NC(C)=O. The second-order valence-electron chi connectivity index (χ2n) is 7.40. The molecule has 1 amide bonds. The number of carbonyl (C=O) groups is 3. The summed E-state index contributed by atoms with van der Waals surface area (Å²) >= 11 is 0. The molecule has 30 heavy (non-hydrogen) atoms. The standard InChI is InChI=1S/C20H34FNO8/c1-5-6-7-8-9-10-11-27-19-16(22-13(2)24)17(28-14(3)25)18(29-15(4)26)20(21,12-23)30-19/h16-19,23H,5-12H2,1-4H3,(H,22,24)/t16-,17-,18+,19-,20-/m1/s1. The number of ether oxygens (including phenoxy) is 4. The summed E-state index contributed by atoms with van der Waals surface area (Å²) in [4.78, 5) is 34.8. The molecule has 1 rings (SSSR count). The maximum absolute atomic E-state index is 15.4. The molecule has 1 aliphatic rings. The van der Waals surface area contributed by atoms with Crippen LogP contribution in [0, 0.1) is 0 Å². The average molecular weight is 435 g/mol. The number of amides is 1. The van der Waals surface area contributed by atoms with Crippen molar-refractivity contribution in [3.05, 3.63) is 0 Å². The molecule has 0 aromatic heterocycles. The van der Waals surface area contributed by atoms with Crippen LogP contribution in [0.2, 0.25) is 0 Å². The molecule has 0 aromatic carbocycles. The third kappa shape index (κ3) is 8.16. The Labute approximate surface area is 176 Å². The van der Waals surface area contributed by atoms with Crippen LogP contribution in [-0.2, 0) is 33.3 Å². The molecule has 0 radical (unpaired) electrons. The highest BCUT2D eigenvalue weighted by Gasteiger charge is 2.60. The summed E-state index contributed by atoms with van der Waals surface area (Å²) in [5.74, 6) is -5.05. The fourth-order valence-electron chi connectivity index (χ4n) is 3.31. The molecule has 174 valence electrons. The number of aliphatic hydroxyl groups excluding tert-OH is 1. The summed E-state index contributed by atoms with van der Waals surface area (Å²) in [6.45, 7) is 4.51. The minimum atomic E-state index is -2.88. The van der Waals surface area contributed by atoms with Gasteiger partial charge in [-0.2, -0.15) is 0 Å². The Kier molecular flexibility index (Phi) is 11.2. The van der Waals surface area contributed by atoms with Gasteiger partial charge in [0.2, 0.25) is 12.0 Å². The van der Waals surface area contributed by atoms with Crippen LogP contribution in [0.15, 0.2) is 0 Å². The monoisotopic (exact) mass is 435 g/mol. The van der Waals surface area contributed by atoms with Gasteiger partial charge < -0.3 is 29.4 Å². The third-order valence-electron chi connectivity index (χ3n) is 4.64. The Bertz CT molecular complexity index is 575. The van der Waals surface area contributed by atoms with Gasteiger partial charge in [-0.05, 0) is 6.42 Å². The van der Waals surface area contributed by atoms with Crippen molar-refractivity contribution in [1.29, 1.82) is 0 Å². The van der Waals surface area contributed by atoms with Crippen molar-refractivity contribution in [2.24, 2.45) is 0 Å². The first-order valence-electron chi connectivity index (χ1n) is 10.3. The van der Waals surface area contributed by atoms with Gasteiger partial charge in [0.25, 0.3) is 5.85 Å². The summed E-state index contributed by atoms with van der Waals surface area (Å²) in [6.07, 6.45) is 1.39. The maximum Gasteiger partial charge on any atom is 0.303 e. The van der Waals surface area contributed by atoms with E-state index >= 15 is 4.39 Å². The molecule has 1 aliphatic heterocycles. The summed E-state index contributed by atoms with van der Waals surface area (Å²) in [5, 5.41) is 12.1. The fraction of sp³-hybridized carbons (Fsp3) is 0.850. The molecule has 0 unspecified atom stereocenters. The van der Waals surface area contributed by atoms with Crippen LogP contribution in [0.1, 0.15) is 66.2 Å². The van der Waals surface area contributed by atoms with Crippen molar-refractivity contribution in [2.45, 2.75) is 96.6 Å². The largest absolute Gasteiger partial charge is 0.456 e. The normalized spacial score (nSPS) is 28.6. The van der Waals surface area contributed by atoms with Crippen LogP contribution in [0.4, 0.5) is 4.39 Å². The van der Waals surface area contributed by atoms with Gasteiger partial charge in [-0.3, -0.25) is 14.4 Å². The van der Waals surface area contributed by atoms with Crippen LogP contribution < -0.4 is 5.32 Å². The zero-order valence-corrected chi connectivity index (χ0v) is 18.1. The first kappa shape index (κ1) is 26.3. The number of carbonyl (C=O) groups excluding carboxylic acids is 3. The van der Waals surface area contributed by atoms with Crippen molar-refractivity contribution in [2.75, 3.05) is 13.2 Å². The van der Waals surface area contributed by atoms with E-state index in [-0.39, 0.29) is 6.61 Å². The lowest BCUT2D eigenvalue weighted by molar-refractivity contribution is -0.355. The van der Waals surface area contributed by atoms with E-state index in [1.807, 2.05) is 0 Å². The van der Waals surface area contributed by atoms with Crippen molar-refractivity contribution >= 4 is 17.8 Å². The molecule has 0 aliphatic carbocycles. The predicted molar refractivity (Wildman–Crippen MR) is 104 cm³/mol. The van der Waals surface area contributed by atoms with Gasteiger partial charge in [0.05, 0.1) is 0 Å². The highest BCUT2D eigenvalue weighted by atomic mass is 19.2. The molecule has 0 saturated carbocycles. The minimum Gasteiger partial charge on any atom is -0.456 e. The number of halogens is 1. The zero-order valence-electron chi connectivity index (χ0n) is 18.1. The van der Waals surface area contributed by atoms with Gasteiger partial charge in [-0.25, -0.2) is 4.39 Å². The van der Waals surface area contributed by atoms with E-state index in [1.54, 1.807) is 0 Å². The number of hydrogen-bond donors (Lipinski definition) is 2. The number of hydrogen-bond acceptors (Lipinski definition) is 8. The molecular weight excluding hydrogens is 401 g/mol. The second-order valence-corrected chi connectivity index (χ2v) is 7.40. The van der Waals surface area contributed by atoms with E-state index in [9.17, 15) is 19.5 Å². The predicted octanol–water partition coefficient (Wildman–Crippen LogP) is 1.75. The molecule has 9 nitrogen and oxygen atoms in total. The summed E-state index contributed by atoms with van der Waals surface area (Å²) < 4.78 is 36.4. The van der Waals surface area contributed by atoms with Crippen molar-refractivity contribution < 1.29 is 42.8 Å². The van der Waals surface area contributed by atoms with Gasteiger partial charge in [-0.15, -0.1) is 0 Å². The highest BCUT2D eigenvalue weighted by molar-refractivity contribution is 5.73. The first-order valence-corrected chi connectivity index (χ1v) is 10.3. The van der Waals surface area contributed by atoms with E-state index in [0.29, 0.717) is 6.42 Å². The van der Waals surface area contributed by atoms with Crippen molar-refractivity contribution in [1.82, 2.24) is 5.32 Å². The Hall–Kier alpha value is -1.78. The molecule has 1 heterocycles. The van der Waals surface area contributed by atoms with Crippen molar-refractivity contribution in [3.8, 4) is 0 Å². The third-order valence-corrected chi connectivity index (χ3v) is 4.64. The van der Waals surface area contributed by atoms with Gasteiger partial charge in [0.1, 0.15) is 12.6 Å². The molecule has 1 fully saturated rings. The Morgan fingerprint density at radius 1 is 1.03 bits per heavy atom. The Morgan fingerprint density at radius 2 is 1.63 bits per heavy atom. The van der Waals surface area contributed by atoms with Crippen LogP contribution in [-0.4, -0.2) is 66.6 Å². The minimum absolute atomic E-state index is 0.208. The number of esters is 2. The van der Waals surface area contributed by atoms with E-state index in [2.05, 4.69) is 12.2 Å². The molecule has 10 heteroatoms. The highest BCUT2D eigenvalue weighted by Crippen LogP contribution is 2.35. The lowest BCUT2D eigenvalue weighted by Gasteiger charge is -2.47. The smallest absolute Gasteiger partial charge is 0.303 e. The van der Waals surface area contributed by atoms with E-state index < -0.39 is 54.8 Å². The topological polar surface area (TPSA) is 120 Å². The van der Waals surface area contributed by atoms with E-state index in [4.69, 9.17) is 18.9 Å². The van der Waals surface area contributed by atoms with Gasteiger partial charge in [-0.1, -0.05) is 39.0 Å². The van der Waals surface area contributed by atoms with Crippen LogP contribution in [0.3, 0.4) is 0 Å². The number of alkyl halides is 1. The number of aliphatic hydroxyl groups is 1. The van der Waals surface area contributed by atoms with Crippen LogP contribution in [0.25, 0.3) is 0 Å². The summed E-state index contributed by atoms with van der Waals surface area (Å²) in [5.41, 5.74) is 0. The molecule has 1 saturated heterocycles. The summed E-state index contributed by atoms with van der Waals surface area (Å²) in [6, 6.07) is -1.15. The first-order chi connectivity index (χ1) is 14.1. The lowest BCUT2D eigenvalue weighted by Crippen LogP contribution is -2.70. The van der Waals surface area contributed by atoms with Gasteiger partial charge in [0, 0.05) is 27.4 Å². The van der Waals surface area contributed by atoms with Gasteiger partial charge >= 0.3 is 11.9 Å². The van der Waals surface area contributed by atoms with Crippen LogP contribution in [0.5, 0.6) is 0 Å². The number of unbranched alkanes of at least 4 members (excludes halogenated alkanes) is 5. The zero-order chi connectivity index (χ0) is 22.7. The lowest BCUT2D eigenvalue weighted by atomic mass is 9.94.